The number of nitrogens with one attached hydrogen (secondary N) is 3. The van der Waals surface area contributed by atoms with Crippen molar-refractivity contribution in [3.05, 3.63) is 0 Å². The van der Waals surface area contributed by atoms with Crippen LogP contribution in [0.2, 0.25) is 0 Å². The highest BCUT2D eigenvalue weighted by molar-refractivity contribution is 5.89. The molecule has 25 heavy (non-hydrogen) atoms. The Kier molecular flexibility index (Phi) is 9.18. The number of nitrogens with zero attached hydrogens (tertiary/aromatic N) is 1. The summed E-state index contributed by atoms with van der Waals surface area (Å²) in [6, 6.07) is -2.62. The van der Waals surface area contributed by atoms with Crippen LogP contribution in [0.1, 0.15) is 27.7 Å². The third-order valence-corrected chi connectivity index (χ3v) is 3.86. The lowest BCUT2D eigenvalue weighted by molar-refractivity contribution is -0.184. The second kappa shape index (κ2) is 9.59. The number of amides is 2. The fourth-order valence-electron chi connectivity index (χ4n) is 2.27. The molecule has 1 heterocycles. The van der Waals surface area contributed by atoms with Gasteiger partial charge in [-0.3, -0.25) is 14.5 Å². The molecule has 0 spiro atoms. The molecule has 0 aliphatic carbocycles. The number of carbonyl (C=O) groups is 2. The standard InChI is InChI=1S/C15H27F3N4O2.ClH/c1-10(21-13(24)14(2,3)4)12(23)20-9-11(15(16,17)18)22-7-5-19-6-8-22;/h10-11,19H,5-9H2,1-4H3,(H,20,23)(H,21,24);1H. The molecule has 2 amide bonds. The van der Waals surface area contributed by atoms with Gasteiger partial charge in [0.15, 0.2) is 0 Å². The van der Waals surface area contributed by atoms with Crippen molar-refractivity contribution >= 4 is 24.2 Å². The van der Waals surface area contributed by atoms with Crippen LogP contribution in [0.15, 0.2) is 0 Å². The maximum Gasteiger partial charge on any atom is 0.405 e. The summed E-state index contributed by atoms with van der Waals surface area (Å²) < 4.78 is 39.7. The highest BCUT2D eigenvalue weighted by atomic mass is 35.5. The minimum Gasteiger partial charge on any atom is -0.352 e. The van der Waals surface area contributed by atoms with Gasteiger partial charge >= 0.3 is 6.18 Å². The van der Waals surface area contributed by atoms with Gasteiger partial charge in [0.1, 0.15) is 12.1 Å². The lowest BCUT2D eigenvalue weighted by atomic mass is 9.95. The summed E-state index contributed by atoms with van der Waals surface area (Å²) in [5.74, 6) is -0.961. The average Bonchev–Trinajstić information content (AvgIpc) is 2.45. The summed E-state index contributed by atoms with van der Waals surface area (Å²) in [6.07, 6.45) is -4.43. The lowest BCUT2D eigenvalue weighted by Gasteiger charge is -2.36. The molecule has 1 fully saturated rings. The van der Waals surface area contributed by atoms with Crippen molar-refractivity contribution in [3.63, 3.8) is 0 Å². The Bertz CT molecular complexity index is 449. The first-order chi connectivity index (χ1) is 10.9. The van der Waals surface area contributed by atoms with E-state index in [1.165, 1.54) is 11.8 Å². The van der Waals surface area contributed by atoms with E-state index in [1.807, 2.05) is 0 Å². The van der Waals surface area contributed by atoms with E-state index in [1.54, 1.807) is 20.8 Å². The van der Waals surface area contributed by atoms with Gasteiger partial charge in [0.2, 0.25) is 11.8 Å². The normalized spacial score (nSPS) is 18.7. The van der Waals surface area contributed by atoms with Gasteiger partial charge in [-0.15, -0.1) is 12.4 Å². The van der Waals surface area contributed by atoms with Gasteiger partial charge < -0.3 is 16.0 Å². The number of halogens is 4. The number of piperazine rings is 1. The van der Waals surface area contributed by atoms with Crippen LogP contribution in [-0.4, -0.2) is 67.7 Å². The molecule has 0 bridgehead atoms. The fraction of sp³-hybridized carbons (Fsp3) is 0.867. The molecular weight excluding hydrogens is 361 g/mol. The minimum atomic E-state index is -4.43. The zero-order valence-electron chi connectivity index (χ0n) is 15.0. The summed E-state index contributed by atoms with van der Waals surface area (Å²) in [5.41, 5.74) is -0.677. The van der Waals surface area contributed by atoms with E-state index < -0.39 is 36.1 Å². The largest absolute Gasteiger partial charge is 0.405 e. The minimum absolute atomic E-state index is 0. The van der Waals surface area contributed by atoms with Crippen molar-refractivity contribution in [1.82, 2.24) is 20.9 Å². The second-order valence-electron chi connectivity index (χ2n) is 7.03. The van der Waals surface area contributed by atoms with Gasteiger partial charge in [0.05, 0.1) is 0 Å². The van der Waals surface area contributed by atoms with Crippen LogP contribution in [0.4, 0.5) is 13.2 Å². The van der Waals surface area contributed by atoms with E-state index >= 15 is 0 Å². The molecule has 3 N–H and O–H groups in total. The Balaban J connectivity index is 0.00000576. The Morgan fingerprint density at radius 1 is 1.16 bits per heavy atom. The predicted octanol–water partition coefficient (Wildman–Crippen LogP) is 0.911. The molecule has 1 aliphatic rings. The van der Waals surface area contributed by atoms with E-state index in [0.717, 1.165) is 0 Å². The molecule has 0 saturated carbocycles. The summed E-state index contributed by atoms with van der Waals surface area (Å²) in [7, 11) is 0. The SMILES string of the molecule is CC(NC(=O)C(C)(C)C)C(=O)NCC(N1CCNCC1)C(F)(F)F.Cl. The molecule has 148 valence electrons. The Labute approximate surface area is 152 Å². The zero-order chi connectivity index (χ0) is 18.5. The molecule has 2 atom stereocenters. The third kappa shape index (κ3) is 7.79. The number of hydrogen-bond acceptors (Lipinski definition) is 4. The van der Waals surface area contributed by atoms with Gasteiger partial charge in [-0.1, -0.05) is 20.8 Å². The van der Waals surface area contributed by atoms with Crippen LogP contribution in [0.3, 0.4) is 0 Å². The van der Waals surface area contributed by atoms with Crippen LogP contribution in [0.25, 0.3) is 0 Å². The maximum atomic E-state index is 13.2. The quantitative estimate of drug-likeness (QED) is 0.654. The summed E-state index contributed by atoms with van der Waals surface area (Å²) >= 11 is 0. The number of carbonyl (C=O) groups excluding carboxylic acids is 2. The molecule has 6 nitrogen and oxygen atoms in total. The van der Waals surface area contributed by atoms with E-state index in [2.05, 4.69) is 16.0 Å². The van der Waals surface area contributed by atoms with Crippen molar-refractivity contribution in [2.24, 2.45) is 5.41 Å². The lowest BCUT2D eigenvalue weighted by Crippen LogP contribution is -2.58. The first-order valence-corrected chi connectivity index (χ1v) is 8.03. The Morgan fingerprint density at radius 3 is 2.12 bits per heavy atom. The molecule has 1 aliphatic heterocycles. The van der Waals surface area contributed by atoms with Crippen LogP contribution in [-0.2, 0) is 9.59 Å². The van der Waals surface area contributed by atoms with Crippen molar-refractivity contribution in [2.75, 3.05) is 32.7 Å². The van der Waals surface area contributed by atoms with E-state index in [0.29, 0.717) is 13.1 Å². The molecule has 0 radical (unpaired) electrons. The number of alkyl halides is 3. The summed E-state index contributed by atoms with van der Waals surface area (Å²) in [6.45, 7) is 7.51. The van der Waals surface area contributed by atoms with E-state index in [-0.39, 0.29) is 31.4 Å². The first kappa shape index (κ1) is 23.9. The molecule has 0 aromatic rings. The predicted molar refractivity (Wildman–Crippen MR) is 91.6 cm³/mol. The maximum absolute atomic E-state index is 13.2. The Morgan fingerprint density at radius 2 is 1.68 bits per heavy atom. The highest BCUT2D eigenvalue weighted by Crippen LogP contribution is 2.24. The van der Waals surface area contributed by atoms with Crippen molar-refractivity contribution in [2.45, 2.75) is 46.0 Å². The first-order valence-electron chi connectivity index (χ1n) is 8.03. The van der Waals surface area contributed by atoms with E-state index in [4.69, 9.17) is 0 Å². The van der Waals surface area contributed by atoms with Crippen molar-refractivity contribution in [3.8, 4) is 0 Å². The van der Waals surface area contributed by atoms with Gasteiger partial charge in [-0.25, -0.2) is 0 Å². The molecule has 1 saturated heterocycles. The molecule has 0 aromatic carbocycles. The molecule has 10 heteroatoms. The smallest absolute Gasteiger partial charge is 0.352 e. The summed E-state index contributed by atoms with van der Waals surface area (Å²) in [4.78, 5) is 25.1. The number of rotatable bonds is 5. The second-order valence-corrected chi connectivity index (χ2v) is 7.03. The average molecular weight is 389 g/mol. The van der Waals surface area contributed by atoms with Gasteiger partial charge in [0.25, 0.3) is 0 Å². The topological polar surface area (TPSA) is 73.5 Å². The monoisotopic (exact) mass is 388 g/mol. The molecule has 0 aromatic heterocycles. The van der Waals surface area contributed by atoms with Crippen LogP contribution >= 0.6 is 12.4 Å². The summed E-state index contributed by atoms with van der Waals surface area (Å²) in [5, 5.41) is 7.81. The van der Waals surface area contributed by atoms with E-state index in [9.17, 15) is 22.8 Å². The van der Waals surface area contributed by atoms with Crippen LogP contribution in [0, 0.1) is 5.41 Å². The number of hydrogen-bond donors (Lipinski definition) is 3. The molecular formula is C15H28ClF3N4O2. The van der Waals surface area contributed by atoms with Gasteiger partial charge in [-0.05, 0) is 6.92 Å². The van der Waals surface area contributed by atoms with Crippen LogP contribution < -0.4 is 16.0 Å². The van der Waals surface area contributed by atoms with Gasteiger partial charge in [-0.2, -0.15) is 13.2 Å². The third-order valence-electron chi connectivity index (χ3n) is 3.86. The van der Waals surface area contributed by atoms with Crippen LogP contribution in [0.5, 0.6) is 0 Å². The molecule has 1 rings (SSSR count). The Hall–Kier alpha value is -1.06. The highest BCUT2D eigenvalue weighted by Gasteiger charge is 2.44. The van der Waals surface area contributed by atoms with Crippen molar-refractivity contribution in [1.29, 1.82) is 0 Å². The van der Waals surface area contributed by atoms with Crippen molar-refractivity contribution < 1.29 is 22.8 Å². The zero-order valence-corrected chi connectivity index (χ0v) is 15.8. The van der Waals surface area contributed by atoms with Gasteiger partial charge in [0, 0.05) is 38.1 Å². The fourth-order valence-corrected chi connectivity index (χ4v) is 2.27. The molecule has 2 unspecified atom stereocenters.